The molecule has 1 amide bonds. The summed E-state index contributed by atoms with van der Waals surface area (Å²) >= 11 is 0. The summed E-state index contributed by atoms with van der Waals surface area (Å²) in [5, 5.41) is 9.67. The maximum atomic E-state index is 11.8. The number of hydrogen-bond donors (Lipinski definition) is 1. The van der Waals surface area contributed by atoms with Gasteiger partial charge in [0.1, 0.15) is 11.9 Å². The summed E-state index contributed by atoms with van der Waals surface area (Å²) in [7, 11) is 0. The lowest BCUT2D eigenvalue weighted by atomic mass is 9.97. The molecule has 29 heavy (non-hydrogen) atoms. The Balaban J connectivity index is 1.48. The van der Waals surface area contributed by atoms with E-state index in [9.17, 15) is 9.90 Å². The van der Waals surface area contributed by atoms with Crippen LogP contribution in [0.15, 0.2) is 72.8 Å². The first-order chi connectivity index (χ1) is 14.1. The molecular weight excluding hydrogens is 362 g/mol. The van der Waals surface area contributed by atoms with Crippen molar-refractivity contribution in [3.8, 4) is 16.9 Å². The predicted molar refractivity (Wildman–Crippen MR) is 114 cm³/mol. The summed E-state index contributed by atoms with van der Waals surface area (Å²) in [5.41, 5.74) is 5.71. The number of fused-ring (bicyclic) bond motifs is 1. The van der Waals surface area contributed by atoms with Gasteiger partial charge in [-0.3, -0.25) is 0 Å². The molecule has 3 aromatic carbocycles. The van der Waals surface area contributed by atoms with Gasteiger partial charge in [0.15, 0.2) is 0 Å². The molecule has 0 saturated heterocycles. The zero-order valence-electron chi connectivity index (χ0n) is 16.5. The first kappa shape index (κ1) is 19.1. The molecule has 1 unspecified atom stereocenters. The van der Waals surface area contributed by atoms with E-state index in [1.807, 2.05) is 42.5 Å². The molecule has 0 radical (unpaired) electrons. The summed E-state index contributed by atoms with van der Waals surface area (Å²) in [6, 6.07) is 24.4. The molecule has 148 valence electrons. The summed E-state index contributed by atoms with van der Waals surface area (Å²) in [4.78, 5) is 13.3. The molecular formula is C25H25NO3. The number of carbonyl (C=O) groups is 1. The summed E-state index contributed by atoms with van der Waals surface area (Å²) in [5.74, 6) is 0.889. The molecule has 0 fully saturated rings. The van der Waals surface area contributed by atoms with Crippen LogP contribution in [0.3, 0.4) is 0 Å². The van der Waals surface area contributed by atoms with Crippen molar-refractivity contribution in [1.29, 1.82) is 0 Å². The second-order valence-corrected chi connectivity index (χ2v) is 7.52. The van der Waals surface area contributed by atoms with Gasteiger partial charge in [-0.25, -0.2) is 4.79 Å². The van der Waals surface area contributed by atoms with Gasteiger partial charge in [-0.05, 0) is 35.6 Å². The van der Waals surface area contributed by atoms with Gasteiger partial charge in [0.2, 0.25) is 0 Å². The second kappa shape index (κ2) is 8.39. The Hall–Kier alpha value is -3.27. The van der Waals surface area contributed by atoms with Crippen molar-refractivity contribution in [2.24, 2.45) is 0 Å². The van der Waals surface area contributed by atoms with Crippen molar-refractivity contribution < 1.29 is 14.6 Å². The highest BCUT2D eigenvalue weighted by Gasteiger charge is 2.29. The van der Waals surface area contributed by atoms with Crippen molar-refractivity contribution in [3.63, 3.8) is 0 Å². The third-order valence-electron chi connectivity index (χ3n) is 5.47. The lowest BCUT2D eigenvalue weighted by Gasteiger charge is -2.23. The van der Waals surface area contributed by atoms with Gasteiger partial charge in [-0.2, -0.15) is 0 Å². The van der Waals surface area contributed by atoms with Crippen LogP contribution in [0, 0.1) is 6.92 Å². The van der Waals surface area contributed by atoms with Crippen LogP contribution in [-0.4, -0.2) is 35.3 Å². The molecule has 1 N–H and O–H groups in total. The molecule has 0 aliphatic carbocycles. The van der Waals surface area contributed by atoms with E-state index in [4.69, 9.17) is 4.74 Å². The zero-order valence-corrected chi connectivity index (χ0v) is 16.5. The van der Waals surface area contributed by atoms with Crippen LogP contribution in [0.25, 0.3) is 11.1 Å². The van der Waals surface area contributed by atoms with Crippen LogP contribution >= 0.6 is 0 Å². The first-order valence-corrected chi connectivity index (χ1v) is 9.98. The van der Waals surface area contributed by atoms with Gasteiger partial charge in [0.25, 0.3) is 0 Å². The third kappa shape index (κ3) is 4.27. The van der Waals surface area contributed by atoms with Crippen molar-refractivity contribution in [2.75, 3.05) is 13.1 Å². The highest BCUT2D eigenvalue weighted by atomic mass is 16.5. The average molecular weight is 387 g/mol. The Morgan fingerprint density at radius 2 is 1.72 bits per heavy atom. The summed E-state index contributed by atoms with van der Waals surface area (Å²) < 4.78 is 6.28. The van der Waals surface area contributed by atoms with E-state index in [1.165, 1.54) is 10.5 Å². The van der Waals surface area contributed by atoms with Crippen LogP contribution in [0.1, 0.15) is 16.7 Å². The molecule has 0 bridgehead atoms. The molecule has 1 heterocycles. The monoisotopic (exact) mass is 387 g/mol. The summed E-state index contributed by atoms with van der Waals surface area (Å²) in [6.45, 7) is 2.92. The molecule has 4 rings (SSSR count). The van der Waals surface area contributed by atoms with E-state index in [0.29, 0.717) is 19.5 Å². The number of hydrogen-bond acceptors (Lipinski definition) is 2. The standard InChI is InChI=1S/C25H25NO3/c1-18-8-5-6-12-22(18)23-13-7-11-20-16-21(29-24(20)23)17-26(25(27)28)15-14-19-9-3-2-4-10-19/h2-13,21H,14-17H2,1H3,(H,27,28). The quantitative estimate of drug-likeness (QED) is 0.633. The van der Waals surface area contributed by atoms with E-state index in [2.05, 4.69) is 37.3 Å². The second-order valence-electron chi connectivity index (χ2n) is 7.52. The molecule has 0 spiro atoms. The number of rotatable bonds is 6. The lowest BCUT2D eigenvalue weighted by Crippen LogP contribution is -2.39. The van der Waals surface area contributed by atoms with Gasteiger partial charge in [-0.15, -0.1) is 0 Å². The number of aryl methyl sites for hydroxylation is 1. The van der Waals surface area contributed by atoms with Crippen molar-refractivity contribution in [2.45, 2.75) is 25.9 Å². The fraction of sp³-hybridized carbons (Fsp3) is 0.240. The number of carboxylic acid groups (broad SMARTS) is 1. The molecule has 4 nitrogen and oxygen atoms in total. The number of para-hydroxylation sites is 1. The number of benzene rings is 3. The van der Waals surface area contributed by atoms with Crippen LogP contribution < -0.4 is 4.74 Å². The smallest absolute Gasteiger partial charge is 0.407 e. The Bertz CT molecular complexity index is 1000. The average Bonchev–Trinajstić information content (AvgIpc) is 3.15. The minimum atomic E-state index is -0.903. The minimum absolute atomic E-state index is 0.165. The molecule has 0 aromatic heterocycles. The van der Waals surface area contributed by atoms with Crippen LogP contribution in [0.2, 0.25) is 0 Å². The normalized spacial score (nSPS) is 14.9. The maximum Gasteiger partial charge on any atom is 0.407 e. The van der Waals surface area contributed by atoms with E-state index in [0.717, 1.165) is 34.4 Å². The Morgan fingerprint density at radius 1 is 1.00 bits per heavy atom. The Morgan fingerprint density at radius 3 is 2.48 bits per heavy atom. The molecule has 0 saturated carbocycles. The molecule has 3 aromatic rings. The number of nitrogens with zero attached hydrogens (tertiary/aromatic N) is 1. The Kier molecular flexibility index (Phi) is 5.52. The van der Waals surface area contributed by atoms with Crippen molar-refractivity contribution in [3.05, 3.63) is 89.5 Å². The van der Waals surface area contributed by atoms with Gasteiger partial charge in [-0.1, -0.05) is 72.8 Å². The largest absolute Gasteiger partial charge is 0.487 e. The highest BCUT2D eigenvalue weighted by Crippen LogP contribution is 2.40. The molecule has 4 heteroatoms. The summed E-state index contributed by atoms with van der Waals surface area (Å²) in [6.07, 6.45) is 0.354. The van der Waals surface area contributed by atoms with Crippen molar-refractivity contribution in [1.82, 2.24) is 4.90 Å². The maximum absolute atomic E-state index is 11.8. The predicted octanol–water partition coefficient (Wildman–Crippen LogP) is 5.19. The van der Waals surface area contributed by atoms with Crippen LogP contribution in [0.4, 0.5) is 4.79 Å². The van der Waals surface area contributed by atoms with E-state index >= 15 is 0 Å². The SMILES string of the molecule is Cc1ccccc1-c1cccc2c1OC(CN(CCc1ccccc1)C(=O)O)C2. The van der Waals surface area contributed by atoms with Crippen molar-refractivity contribution >= 4 is 6.09 Å². The minimum Gasteiger partial charge on any atom is -0.487 e. The molecule has 1 aliphatic rings. The zero-order chi connectivity index (χ0) is 20.2. The first-order valence-electron chi connectivity index (χ1n) is 9.98. The van der Waals surface area contributed by atoms with Gasteiger partial charge in [0.05, 0.1) is 6.54 Å². The van der Waals surface area contributed by atoms with E-state index in [1.54, 1.807) is 0 Å². The fourth-order valence-corrected chi connectivity index (χ4v) is 3.95. The van der Waals surface area contributed by atoms with Gasteiger partial charge < -0.3 is 14.7 Å². The van der Waals surface area contributed by atoms with Gasteiger partial charge >= 0.3 is 6.09 Å². The lowest BCUT2D eigenvalue weighted by molar-refractivity contribution is 0.117. The molecule has 1 aliphatic heterocycles. The molecule has 1 atom stereocenters. The topological polar surface area (TPSA) is 49.8 Å². The fourth-order valence-electron chi connectivity index (χ4n) is 3.95. The Labute approximate surface area is 171 Å². The highest BCUT2D eigenvalue weighted by molar-refractivity contribution is 5.75. The number of amides is 1. The van der Waals surface area contributed by atoms with Gasteiger partial charge in [0, 0.05) is 18.5 Å². The van der Waals surface area contributed by atoms with Crippen LogP contribution in [0.5, 0.6) is 5.75 Å². The van der Waals surface area contributed by atoms with Crippen LogP contribution in [-0.2, 0) is 12.8 Å². The van der Waals surface area contributed by atoms with E-state index in [-0.39, 0.29) is 6.10 Å². The van der Waals surface area contributed by atoms with E-state index < -0.39 is 6.09 Å². The number of ether oxygens (including phenoxy) is 1. The third-order valence-corrected chi connectivity index (χ3v) is 5.47.